The molecular formula is C10H20N2OS. The van der Waals surface area contributed by atoms with Crippen molar-refractivity contribution in [2.45, 2.75) is 13.3 Å². The van der Waals surface area contributed by atoms with E-state index >= 15 is 0 Å². The summed E-state index contributed by atoms with van der Waals surface area (Å²) in [6, 6.07) is 0. The fourth-order valence-electron chi connectivity index (χ4n) is 1.72. The van der Waals surface area contributed by atoms with Crippen LogP contribution in [0.3, 0.4) is 0 Å². The molecule has 1 fully saturated rings. The van der Waals surface area contributed by atoms with E-state index in [2.05, 4.69) is 23.8 Å². The lowest BCUT2D eigenvalue weighted by Gasteiger charge is -2.13. The van der Waals surface area contributed by atoms with Crippen molar-refractivity contribution in [1.82, 2.24) is 10.6 Å². The third-order valence-corrected chi connectivity index (χ3v) is 3.38. The first-order valence-electron chi connectivity index (χ1n) is 5.23. The second-order valence-corrected chi connectivity index (χ2v) is 4.87. The highest BCUT2D eigenvalue weighted by atomic mass is 32.2. The lowest BCUT2D eigenvalue weighted by molar-refractivity contribution is -0.125. The van der Waals surface area contributed by atoms with Gasteiger partial charge in [-0.25, -0.2) is 0 Å². The van der Waals surface area contributed by atoms with E-state index in [9.17, 15) is 4.79 Å². The van der Waals surface area contributed by atoms with Crippen LogP contribution in [-0.4, -0.2) is 37.6 Å². The van der Waals surface area contributed by atoms with Gasteiger partial charge in [0, 0.05) is 13.1 Å². The summed E-state index contributed by atoms with van der Waals surface area (Å²) in [6.45, 7) is 4.77. The van der Waals surface area contributed by atoms with Crippen LogP contribution >= 0.6 is 11.8 Å². The molecule has 82 valence electrons. The fourth-order valence-corrected chi connectivity index (χ4v) is 2.15. The van der Waals surface area contributed by atoms with Gasteiger partial charge in [-0.2, -0.15) is 11.8 Å². The lowest BCUT2D eigenvalue weighted by Crippen LogP contribution is -2.35. The molecule has 0 saturated carbocycles. The van der Waals surface area contributed by atoms with Crippen molar-refractivity contribution in [3.8, 4) is 0 Å². The van der Waals surface area contributed by atoms with Crippen LogP contribution in [-0.2, 0) is 4.79 Å². The number of carbonyl (C=O) groups excluding carboxylic acids is 1. The van der Waals surface area contributed by atoms with Crippen LogP contribution in [0.25, 0.3) is 0 Å². The Balaban J connectivity index is 2.14. The fraction of sp³-hybridized carbons (Fsp3) is 0.900. The van der Waals surface area contributed by atoms with Gasteiger partial charge in [-0.3, -0.25) is 4.79 Å². The zero-order valence-corrected chi connectivity index (χ0v) is 9.82. The van der Waals surface area contributed by atoms with Gasteiger partial charge in [0.25, 0.3) is 0 Å². The quantitative estimate of drug-likeness (QED) is 0.665. The number of carbonyl (C=O) groups is 1. The normalized spacial score (nSPS) is 26.4. The molecule has 1 aliphatic heterocycles. The Labute approximate surface area is 90.4 Å². The lowest BCUT2D eigenvalue weighted by atomic mass is 9.97. The molecule has 2 atom stereocenters. The van der Waals surface area contributed by atoms with Crippen LogP contribution in [0.5, 0.6) is 0 Å². The number of rotatable bonds is 5. The third kappa shape index (κ3) is 3.50. The molecule has 0 aromatic heterocycles. The highest BCUT2D eigenvalue weighted by Crippen LogP contribution is 2.15. The zero-order chi connectivity index (χ0) is 10.4. The van der Waals surface area contributed by atoms with Crippen molar-refractivity contribution < 1.29 is 4.79 Å². The molecule has 0 unspecified atom stereocenters. The molecule has 4 heteroatoms. The molecule has 3 nitrogen and oxygen atoms in total. The van der Waals surface area contributed by atoms with E-state index in [1.54, 1.807) is 0 Å². The first-order valence-corrected chi connectivity index (χ1v) is 6.62. The van der Waals surface area contributed by atoms with Crippen LogP contribution in [0, 0.1) is 11.8 Å². The summed E-state index contributed by atoms with van der Waals surface area (Å²) in [5.74, 6) is 2.02. The Morgan fingerprint density at radius 1 is 1.57 bits per heavy atom. The minimum Gasteiger partial charge on any atom is -0.356 e. The van der Waals surface area contributed by atoms with Gasteiger partial charge in [-0.05, 0) is 30.9 Å². The molecule has 0 aromatic rings. The summed E-state index contributed by atoms with van der Waals surface area (Å²) in [4.78, 5) is 11.7. The summed E-state index contributed by atoms with van der Waals surface area (Å²) in [6.07, 6.45) is 3.16. The van der Waals surface area contributed by atoms with Crippen molar-refractivity contribution in [2.24, 2.45) is 11.8 Å². The van der Waals surface area contributed by atoms with Gasteiger partial charge in [0.05, 0.1) is 5.92 Å². The van der Waals surface area contributed by atoms with Crippen LogP contribution in [0.15, 0.2) is 0 Å². The highest BCUT2D eigenvalue weighted by Gasteiger charge is 2.28. The van der Waals surface area contributed by atoms with E-state index < -0.39 is 0 Å². The van der Waals surface area contributed by atoms with E-state index in [-0.39, 0.29) is 11.8 Å². The molecule has 1 aliphatic rings. The molecule has 2 N–H and O–H groups in total. The van der Waals surface area contributed by atoms with Crippen molar-refractivity contribution >= 4 is 17.7 Å². The smallest absolute Gasteiger partial charge is 0.224 e. The average Bonchev–Trinajstić information content (AvgIpc) is 2.59. The molecule has 1 saturated heterocycles. The van der Waals surface area contributed by atoms with Gasteiger partial charge in [0.2, 0.25) is 5.91 Å². The van der Waals surface area contributed by atoms with Crippen LogP contribution < -0.4 is 10.6 Å². The first kappa shape index (κ1) is 11.9. The number of hydrogen-bond acceptors (Lipinski definition) is 3. The molecule has 0 aliphatic carbocycles. The molecule has 0 bridgehead atoms. The van der Waals surface area contributed by atoms with E-state index in [0.29, 0.717) is 5.92 Å². The standard InChI is InChI=1S/C10H20N2OS/c1-8-6-11-7-9(8)10(13)12-4-3-5-14-2/h8-9,11H,3-7H2,1-2H3,(H,12,13)/t8-,9-/m1/s1. The molecule has 1 heterocycles. The van der Waals surface area contributed by atoms with Gasteiger partial charge in [-0.15, -0.1) is 0 Å². The molecule has 1 rings (SSSR count). The summed E-state index contributed by atoms with van der Waals surface area (Å²) in [5.41, 5.74) is 0. The molecule has 0 radical (unpaired) electrons. The van der Waals surface area contributed by atoms with Crippen molar-refractivity contribution in [1.29, 1.82) is 0 Å². The van der Waals surface area contributed by atoms with Crippen LogP contribution in [0.1, 0.15) is 13.3 Å². The molecule has 0 spiro atoms. The maximum Gasteiger partial charge on any atom is 0.224 e. The third-order valence-electron chi connectivity index (χ3n) is 2.68. The maximum atomic E-state index is 11.7. The minimum absolute atomic E-state index is 0.185. The van der Waals surface area contributed by atoms with Crippen molar-refractivity contribution in [3.05, 3.63) is 0 Å². The summed E-state index contributed by atoms with van der Waals surface area (Å²) in [5, 5.41) is 6.24. The average molecular weight is 216 g/mol. The van der Waals surface area contributed by atoms with Gasteiger partial charge < -0.3 is 10.6 Å². The topological polar surface area (TPSA) is 41.1 Å². The molecule has 0 aromatic carbocycles. The molecule has 1 amide bonds. The van der Waals surface area contributed by atoms with Crippen molar-refractivity contribution in [3.63, 3.8) is 0 Å². The van der Waals surface area contributed by atoms with Crippen LogP contribution in [0.2, 0.25) is 0 Å². The minimum atomic E-state index is 0.185. The predicted octanol–water partition coefficient (Wildman–Crippen LogP) is 0.711. The Kier molecular flexibility index (Phi) is 5.33. The number of hydrogen-bond donors (Lipinski definition) is 2. The van der Waals surface area contributed by atoms with Gasteiger partial charge in [-0.1, -0.05) is 6.92 Å². The second-order valence-electron chi connectivity index (χ2n) is 3.88. The van der Waals surface area contributed by atoms with Crippen LogP contribution in [0.4, 0.5) is 0 Å². The number of nitrogens with one attached hydrogen (secondary N) is 2. The monoisotopic (exact) mass is 216 g/mol. The van der Waals surface area contributed by atoms with E-state index in [1.165, 1.54) is 0 Å². The zero-order valence-electron chi connectivity index (χ0n) is 9.01. The Bertz CT molecular complexity index is 187. The van der Waals surface area contributed by atoms with Gasteiger partial charge in [0.1, 0.15) is 0 Å². The van der Waals surface area contributed by atoms with E-state index in [4.69, 9.17) is 0 Å². The first-order chi connectivity index (χ1) is 6.75. The number of thioether (sulfide) groups is 1. The summed E-state index contributed by atoms with van der Waals surface area (Å²) >= 11 is 1.82. The van der Waals surface area contributed by atoms with Crippen molar-refractivity contribution in [2.75, 3.05) is 31.6 Å². The second kappa shape index (κ2) is 6.30. The largest absolute Gasteiger partial charge is 0.356 e. The Morgan fingerprint density at radius 3 is 2.93 bits per heavy atom. The van der Waals surface area contributed by atoms with Gasteiger partial charge >= 0.3 is 0 Å². The number of amides is 1. The predicted molar refractivity (Wildman–Crippen MR) is 61.5 cm³/mol. The van der Waals surface area contributed by atoms with E-state index in [1.807, 2.05) is 11.8 Å². The summed E-state index contributed by atoms with van der Waals surface area (Å²) in [7, 11) is 0. The summed E-state index contributed by atoms with van der Waals surface area (Å²) < 4.78 is 0. The molecular weight excluding hydrogens is 196 g/mol. The van der Waals surface area contributed by atoms with Gasteiger partial charge in [0.15, 0.2) is 0 Å². The highest BCUT2D eigenvalue weighted by molar-refractivity contribution is 7.98. The SMILES string of the molecule is CSCCCNC(=O)[C@@H]1CNC[C@H]1C. The van der Waals surface area contributed by atoms with E-state index in [0.717, 1.165) is 31.8 Å². The Hall–Kier alpha value is -0.220. The Morgan fingerprint density at radius 2 is 2.36 bits per heavy atom. The molecule has 14 heavy (non-hydrogen) atoms. The maximum absolute atomic E-state index is 11.7.